The van der Waals surface area contributed by atoms with Gasteiger partial charge in [-0.25, -0.2) is 0 Å². The Morgan fingerprint density at radius 2 is 0.684 bits per heavy atom. The maximum absolute atomic E-state index is 3.53. The van der Waals surface area contributed by atoms with Crippen molar-refractivity contribution in [3.63, 3.8) is 0 Å². The molecule has 0 rings (SSSR count). The molecule has 0 aromatic carbocycles. The molecule has 0 aromatic rings. The van der Waals surface area contributed by atoms with Crippen molar-refractivity contribution in [2.24, 2.45) is 0 Å². The third-order valence-corrected chi connectivity index (χ3v) is 4.38. The van der Waals surface area contributed by atoms with Crippen molar-refractivity contribution in [1.29, 1.82) is 0 Å². The summed E-state index contributed by atoms with van der Waals surface area (Å²) >= 11 is 0. The Kier molecular flexibility index (Phi) is 18.8. The average molecular weight is 285 g/mol. The van der Waals surface area contributed by atoms with Crippen molar-refractivity contribution in [3.05, 3.63) is 0 Å². The molecular weight excluding hydrogens is 247 g/mol. The third kappa shape index (κ3) is 18.4. The highest BCUT2D eigenvalue weighted by Crippen LogP contribution is 2.13. The molecule has 0 aliphatic rings. The fourth-order valence-electron chi connectivity index (χ4n) is 2.67. The summed E-state index contributed by atoms with van der Waals surface area (Å²) < 4.78 is 0. The summed E-state index contributed by atoms with van der Waals surface area (Å²) in [6.07, 6.45) is 24.4. The second-order valence-electron chi connectivity index (χ2n) is 6.05. The van der Waals surface area contributed by atoms with Gasteiger partial charge in [-0.2, -0.15) is 0 Å². The third-order valence-electron chi connectivity index (χ3n) is 4.03. The first-order valence-corrected chi connectivity index (χ1v) is 9.77. The van der Waals surface area contributed by atoms with Gasteiger partial charge in [-0.05, 0) is 12.6 Å². The van der Waals surface area contributed by atoms with E-state index in [0.29, 0.717) is 0 Å². The quantitative estimate of drug-likeness (QED) is 0.205. The lowest BCUT2D eigenvalue weighted by Crippen LogP contribution is -1.83. The minimum absolute atomic E-state index is 1.18. The standard InChI is InChI=1S/C18H38P/c1-2-3-4-5-6-7-8-9-10-11-12-13-14-15-16-17-18-19/h19H,2-18H2,1H3. The van der Waals surface area contributed by atoms with Crippen molar-refractivity contribution in [2.75, 3.05) is 6.16 Å². The van der Waals surface area contributed by atoms with Gasteiger partial charge < -0.3 is 0 Å². The molecule has 0 aliphatic heterocycles. The van der Waals surface area contributed by atoms with E-state index in [1.807, 2.05) is 0 Å². The molecule has 0 atom stereocenters. The molecule has 0 aromatic heterocycles. The zero-order chi connectivity index (χ0) is 14.0. The van der Waals surface area contributed by atoms with Crippen LogP contribution >= 0.6 is 9.24 Å². The van der Waals surface area contributed by atoms with E-state index >= 15 is 0 Å². The zero-order valence-electron chi connectivity index (χ0n) is 13.5. The summed E-state index contributed by atoms with van der Waals surface area (Å²) in [6, 6.07) is 0. The van der Waals surface area contributed by atoms with Gasteiger partial charge in [0.2, 0.25) is 0 Å². The summed E-state index contributed by atoms with van der Waals surface area (Å²) in [4.78, 5) is 0. The van der Waals surface area contributed by atoms with Crippen LogP contribution in [0.25, 0.3) is 0 Å². The maximum atomic E-state index is 3.53. The molecule has 0 fully saturated rings. The first-order valence-electron chi connectivity index (χ1n) is 9.06. The Balaban J connectivity index is 2.88. The summed E-state index contributed by atoms with van der Waals surface area (Å²) in [6.45, 7) is 2.29. The molecule has 0 spiro atoms. The number of rotatable bonds is 16. The Labute approximate surface area is 125 Å². The number of hydrogen-bond acceptors (Lipinski definition) is 0. The molecule has 19 heavy (non-hydrogen) atoms. The molecule has 0 bridgehead atoms. The Bertz CT molecular complexity index is 129. The van der Waals surface area contributed by atoms with Gasteiger partial charge in [0.25, 0.3) is 0 Å². The van der Waals surface area contributed by atoms with Gasteiger partial charge in [0.1, 0.15) is 0 Å². The van der Waals surface area contributed by atoms with Crippen molar-refractivity contribution in [1.82, 2.24) is 0 Å². The molecule has 0 nitrogen and oxygen atoms in total. The van der Waals surface area contributed by atoms with Crippen LogP contribution in [0.1, 0.15) is 110 Å². The largest absolute Gasteiger partial charge is 0.0992 e. The van der Waals surface area contributed by atoms with Crippen molar-refractivity contribution in [2.45, 2.75) is 110 Å². The van der Waals surface area contributed by atoms with E-state index in [1.165, 1.54) is 109 Å². The van der Waals surface area contributed by atoms with Crippen LogP contribution in [-0.2, 0) is 0 Å². The zero-order valence-corrected chi connectivity index (χ0v) is 14.5. The Hall–Kier alpha value is 0.430. The smallest absolute Gasteiger partial charge is 0.0317 e. The normalized spacial score (nSPS) is 11.1. The topological polar surface area (TPSA) is 0 Å². The monoisotopic (exact) mass is 285 g/mol. The Morgan fingerprint density at radius 1 is 0.421 bits per heavy atom. The van der Waals surface area contributed by atoms with Gasteiger partial charge in [-0.15, -0.1) is 0 Å². The lowest BCUT2D eigenvalue weighted by atomic mass is 10.0. The lowest BCUT2D eigenvalue weighted by Gasteiger charge is -2.03. The lowest BCUT2D eigenvalue weighted by molar-refractivity contribution is 0.531. The van der Waals surface area contributed by atoms with Gasteiger partial charge in [-0.3, -0.25) is 0 Å². The van der Waals surface area contributed by atoms with Gasteiger partial charge in [0, 0.05) is 0 Å². The summed E-state index contributed by atoms with van der Waals surface area (Å²) in [5.74, 6) is 0. The number of unbranched alkanes of at least 4 members (excludes halogenated alkanes) is 15. The first-order chi connectivity index (χ1) is 9.41. The fourth-order valence-corrected chi connectivity index (χ4v) is 2.92. The molecule has 0 saturated heterocycles. The van der Waals surface area contributed by atoms with Crippen LogP contribution in [0.2, 0.25) is 0 Å². The van der Waals surface area contributed by atoms with Gasteiger partial charge in [0.15, 0.2) is 0 Å². The second kappa shape index (κ2) is 18.4. The van der Waals surface area contributed by atoms with Crippen molar-refractivity contribution >= 4 is 9.24 Å². The molecule has 1 heteroatoms. The highest BCUT2D eigenvalue weighted by molar-refractivity contribution is 7.16. The first kappa shape index (κ1) is 19.4. The van der Waals surface area contributed by atoms with E-state index in [0.717, 1.165) is 0 Å². The van der Waals surface area contributed by atoms with Gasteiger partial charge >= 0.3 is 0 Å². The maximum Gasteiger partial charge on any atom is -0.0317 e. The summed E-state index contributed by atoms with van der Waals surface area (Å²) in [7, 11) is 3.53. The molecule has 1 radical (unpaired) electrons. The van der Waals surface area contributed by atoms with Crippen LogP contribution in [0, 0.1) is 0 Å². The predicted molar refractivity (Wildman–Crippen MR) is 92.7 cm³/mol. The van der Waals surface area contributed by atoms with Crippen LogP contribution in [-0.4, -0.2) is 6.16 Å². The van der Waals surface area contributed by atoms with Crippen molar-refractivity contribution in [3.8, 4) is 0 Å². The second-order valence-corrected chi connectivity index (χ2v) is 6.55. The van der Waals surface area contributed by atoms with Crippen LogP contribution < -0.4 is 0 Å². The predicted octanol–water partition coefficient (Wildman–Crippen LogP) is 7.39. The highest BCUT2D eigenvalue weighted by Gasteiger charge is 1.94. The van der Waals surface area contributed by atoms with Crippen molar-refractivity contribution < 1.29 is 0 Å². The molecule has 115 valence electrons. The van der Waals surface area contributed by atoms with E-state index in [2.05, 4.69) is 16.2 Å². The summed E-state index contributed by atoms with van der Waals surface area (Å²) in [5, 5.41) is 0. The number of hydrogen-bond donors (Lipinski definition) is 0. The van der Waals surface area contributed by atoms with E-state index in [1.54, 1.807) is 0 Å². The molecule has 0 heterocycles. The Morgan fingerprint density at radius 3 is 0.947 bits per heavy atom. The van der Waals surface area contributed by atoms with E-state index in [4.69, 9.17) is 0 Å². The highest BCUT2D eigenvalue weighted by atomic mass is 31.0. The van der Waals surface area contributed by atoms with E-state index in [-0.39, 0.29) is 0 Å². The molecule has 0 aliphatic carbocycles. The molecular formula is C18H38P. The van der Waals surface area contributed by atoms with Crippen LogP contribution in [0.5, 0.6) is 0 Å². The van der Waals surface area contributed by atoms with E-state index < -0.39 is 0 Å². The summed E-state index contributed by atoms with van der Waals surface area (Å²) in [5.41, 5.74) is 0. The molecule has 0 amide bonds. The van der Waals surface area contributed by atoms with E-state index in [9.17, 15) is 0 Å². The van der Waals surface area contributed by atoms with Crippen LogP contribution in [0.15, 0.2) is 0 Å². The van der Waals surface area contributed by atoms with Gasteiger partial charge in [0.05, 0.1) is 0 Å². The van der Waals surface area contributed by atoms with Crippen LogP contribution in [0.3, 0.4) is 0 Å². The SMILES string of the molecule is CCCCCCCCCCCCCCCCCC[PH]. The van der Waals surface area contributed by atoms with Gasteiger partial charge in [-0.1, -0.05) is 112 Å². The fraction of sp³-hybridized carbons (Fsp3) is 1.00. The van der Waals surface area contributed by atoms with Crippen LogP contribution in [0.4, 0.5) is 0 Å². The average Bonchev–Trinajstić information content (AvgIpc) is 2.43. The minimum atomic E-state index is 1.18. The minimum Gasteiger partial charge on any atom is -0.0992 e. The molecule has 0 unspecified atom stereocenters. The molecule has 0 saturated carbocycles. The molecule has 0 N–H and O–H groups in total.